The molecule has 0 bridgehead atoms. The van der Waals surface area contributed by atoms with Crippen molar-refractivity contribution in [2.75, 3.05) is 5.32 Å². The molecule has 7 nitrogen and oxygen atoms in total. The van der Waals surface area contributed by atoms with Gasteiger partial charge in [0.1, 0.15) is 6.04 Å². The van der Waals surface area contributed by atoms with Crippen LogP contribution in [0.15, 0.2) is 30.4 Å². The van der Waals surface area contributed by atoms with Gasteiger partial charge in [0, 0.05) is 11.8 Å². The van der Waals surface area contributed by atoms with E-state index >= 15 is 0 Å². The monoisotopic (exact) mass is 406 g/mol. The smallest absolute Gasteiger partial charge is 0.329 e. The Hall–Kier alpha value is -3.10. The summed E-state index contributed by atoms with van der Waals surface area (Å²) in [6.45, 7) is 2.65. The Morgan fingerprint density at radius 3 is 2.21 bits per heavy atom. The van der Waals surface area contributed by atoms with Crippen LogP contribution in [0.3, 0.4) is 0 Å². The van der Waals surface area contributed by atoms with Crippen molar-refractivity contribution in [2.24, 2.45) is 11.8 Å². The molecule has 1 aliphatic heterocycles. The van der Waals surface area contributed by atoms with E-state index < -0.39 is 59.3 Å². The van der Waals surface area contributed by atoms with E-state index in [-0.39, 0.29) is 5.69 Å². The highest BCUT2D eigenvalue weighted by Crippen LogP contribution is 2.36. The zero-order chi connectivity index (χ0) is 21.3. The largest absolute Gasteiger partial charge is 0.451 e. The number of anilines is 1. The predicted octanol–water partition coefficient (Wildman–Crippen LogP) is 2.17. The lowest BCUT2D eigenvalue weighted by Gasteiger charge is -2.23. The number of imide groups is 1. The first-order valence-electron chi connectivity index (χ1n) is 9.19. The molecule has 1 saturated heterocycles. The van der Waals surface area contributed by atoms with Crippen molar-refractivity contribution in [3.05, 3.63) is 42.0 Å². The normalized spacial score (nSPS) is 22.8. The number of likely N-dealkylation sites (tertiary alicyclic amines) is 1. The Morgan fingerprint density at radius 1 is 1.07 bits per heavy atom. The summed E-state index contributed by atoms with van der Waals surface area (Å²) >= 11 is 0. The van der Waals surface area contributed by atoms with Crippen LogP contribution in [0.1, 0.15) is 26.7 Å². The number of nitrogens with zero attached hydrogens (tertiary/aromatic N) is 1. The van der Waals surface area contributed by atoms with Gasteiger partial charge < -0.3 is 10.1 Å². The first-order valence-corrected chi connectivity index (χ1v) is 9.19. The van der Waals surface area contributed by atoms with Crippen LogP contribution in [0.25, 0.3) is 0 Å². The van der Waals surface area contributed by atoms with Crippen molar-refractivity contribution in [1.82, 2.24) is 4.90 Å². The highest BCUT2D eigenvalue weighted by molar-refractivity contribution is 6.08. The third kappa shape index (κ3) is 4.03. The summed E-state index contributed by atoms with van der Waals surface area (Å²) in [6.07, 6.45) is 3.28. The average Bonchev–Trinajstić information content (AvgIpc) is 2.95. The molecule has 3 rings (SSSR count). The van der Waals surface area contributed by atoms with Gasteiger partial charge in [0.2, 0.25) is 11.8 Å². The van der Waals surface area contributed by atoms with Crippen LogP contribution < -0.4 is 5.32 Å². The number of hydrogen-bond acceptors (Lipinski definition) is 5. The van der Waals surface area contributed by atoms with Crippen LogP contribution in [0.2, 0.25) is 0 Å². The van der Waals surface area contributed by atoms with Gasteiger partial charge in [-0.3, -0.25) is 19.3 Å². The number of halogens is 2. The van der Waals surface area contributed by atoms with E-state index in [9.17, 15) is 28.0 Å². The molecule has 4 atom stereocenters. The lowest BCUT2D eigenvalue weighted by atomic mass is 9.85. The van der Waals surface area contributed by atoms with Gasteiger partial charge in [-0.05, 0) is 38.8 Å². The van der Waals surface area contributed by atoms with Crippen LogP contribution in [0.4, 0.5) is 14.5 Å². The van der Waals surface area contributed by atoms with E-state index in [4.69, 9.17) is 4.74 Å². The Labute approximate surface area is 165 Å². The summed E-state index contributed by atoms with van der Waals surface area (Å²) in [5.74, 6) is -5.68. The SMILES string of the molecule is C[C@@H](OC(=O)[C@H](C)N1C(=O)[C@H]2CC=CC[C@H]2C1=O)C(=O)Nc1ccc(F)c(F)c1. The molecule has 0 spiro atoms. The molecule has 0 aromatic heterocycles. The Balaban J connectivity index is 1.61. The van der Waals surface area contributed by atoms with E-state index in [0.29, 0.717) is 12.8 Å². The van der Waals surface area contributed by atoms with Gasteiger partial charge in [0.05, 0.1) is 11.8 Å². The third-order valence-corrected chi connectivity index (χ3v) is 5.12. The zero-order valence-corrected chi connectivity index (χ0v) is 15.9. The minimum Gasteiger partial charge on any atom is -0.451 e. The van der Waals surface area contributed by atoms with Gasteiger partial charge in [-0.2, -0.15) is 0 Å². The van der Waals surface area contributed by atoms with Crippen molar-refractivity contribution in [2.45, 2.75) is 38.8 Å². The van der Waals surface area contributed by atoms with Gasteiger partial charge in [0.15, 0.2) is 17.7 Å². The highest BCUT2D eigenvalue weighted by Gasteiger charge is 2.50. The lowest BCUT2D eigenvalue weighted by Crippen LogP contribution is -2.46. The highest BCUT2D eigenvalue weighted by atomic mass is 19.2. The fraction of sp³-hybridized carbons (Fsp3) is 0.400. The number of hydrogen-bond donors (Lipinski definition) is 1. The minimum atomic E-state index is -1.28. The van der Waals surface area contributed by atoms with Gasteiger partial charge in [0.25, 0.3) is 5.91 Å². The van der Waals surface area contributed by atoms with Gasteiger partial charge >= 0.3 is 5.97 Å². The molecule has 29 heavy (non-hydrogen) atoms. The number of carbonyl (C=O) groups is 4. The number of nitrogens with one attached hydrogen (secondary N) is 1. The average molecular weight is 406 g/mol. The zero-order valence-electron chi connectivity index (χ0n) is 15.9. The second-order valence-electron chi connectivity index (χ2n) is 7.08. The quantitative estimate of drug-likeness (QED) is 0.460. The number of ether oxygens (including phenoxy) is 1. The maximum Gasteiger partial charge on any atom is 0.329 e. The molecule has 3 amide bonds. The van der Waals surface area contributed by atoms with Crippen molar-refractivity contribution < 1.29 is 32.7 Å². The molecule has 1 heterocycles. The molecule has 9 heteroatoms. The van der Waals surface area contributed by atoms with E-state index in [1.165, 1.54) is 13.8 Å². The van der Waals surface area contributed by atoms with E-state index in [0.717, 1.165) is 23.1 Å². The van der Waals surface area contributed by atoms with Crippen molar-refractivity contribution in [3.63, 3.8) is 0 Å². The Bertz CT molecular complexity index is 875. The number of benzene rings is 1. The summed E-state index contributed by atoms with van der Waals surface area (Å²) in [4.78, 5) is 50.6. The molecular formula is C20H20F2N2O5. The summed E-state index contributed by atoms with van der Waals surface area (Å²) in [5, 5.41) is 2.30. The van der Waals surface area contributed by atoms with E-state index in [1.807, 2.05) is 12.2 Å². The van der Waals surface area contributed by atoms with Crippen LogP contribution in [-0.4, -0.2) is 40.7 Å². The van der Waals surface area contributed by atoms with Gasteiger partial charge in [-0.1, -0.05) is 12.2 Å². The molecule has 1 N–H and O–H groups in total. The van der Waals surface area contributed by atoms with Gasteiger partial charge in [-0.25, -0.2) is 13.6 Å². The number of amides is 3. The predicted molar refractivity (Wildman–Crippen MR) is 97.2 cm³/mol. The third-order valence-electron chi connectivity index (χ3n) is 5.12. The fourth-order valence-corrected chi connectivity index (χ4v) is 3.46. The van der Waals surface area contributed by atoms with Crippen LogP contribution in [0.5, 0.6) is 0 Å². The standard InChI is InChI=1S/C20H20F2N2O5/c1-10(24-18(26)13-5-3-4-6-14(13)19(24)27)20(28)29-11(2)17(25)23-12-7-8-15(21)16(22)9-12/h3-4,7-11,13-14H,5-6H2,1-2H3,(H,23,25)/t10-,11+,13-,14+/m0/s1. The second-order valence-corrected chi connectivity index (χ2v) is 7.08. The number of carbonyl (C=O) groups excluding carboxylic acids is 4. The molecule has 0 radical (unpaired) electrons. The Morgan fingerprint density at radius 2 is 1.66 bits per heavy atom. The second kappa shape index (κ2) is 8.10. The molecule has 1 fully saturated rings. The van der Waals surface area contributed by atoms with Crippen molar-refractivity contribution >= 4 is 29.4 Å². The summed E-state index contributed by atoms with van der Waals surface area (Å²) in [6, 6.07) is 1.62. The number of fused-ring (bicyclic) bond motifs is 1. The number of allylic oxidation sites excluding steroid dienone is 2. The fourth-order valence-electron chi connectivity index (χ4n) is 3.46. The maximum atomic E-state index is 13.2. The Kier molecular flexibility index (Phi) is 5.76. The molecule has 2 aliphatic rings. The van der Waals surface area contributed by atoms with Crippen LogP contribution in [-0.2, 0) is 23.9 Å². The molecule has 1 aromatic carbocycles. The molecular weight excluding hydrogens is 386 g/mol. The summed E-state index contributed by atoms with van der Waals surface area (Å²) in [7, 11) is 0. The first kappa shape index (κ1) is 20.6. The number of rotatable bonds is 5. The molecule has 1 aromatic rings. The topological polar surface area (TPSA) is 92.8 Å². The first-order chi connectivity index (χ1) is 13.7. The molecule has 0 saturated carbocycles. The molecule has 1 aliphatic carbocycles. The van der Waals surface area contributed by atoms with Gasteiger partial charge in [-0.15, -0.1) is 0 Å². The van der Waals surface area contributed by atoms with E-state index in [2.05, 4.69) is 5.32 Å². The van der Waals surface area contributed by atoms with E-state index in [1.54, 1.807) is 0 Å². The summed E-state index contributed by atoms with van der Waals surface area (Å²) < 4.78 is 31.3. The lowest BCUT2D eigenvalue weighted by molar-refractivity contribution is -0.163. The van der Waals surface area contributed by atoms with Crippen LogP contribution in [0, 0.1) is 23.5 Å². The van der Waals surface area contributed by atoms with Crippen LogP contribution >= 0.6 is 0 Å². The van der Waals surface area contributed by atoms with Crippen molar-refractivity contribution in [3.8, 4) is 0 Å². The molecule has 0 unspecified atom stereocenters. The minimum absolute atomic E-state index is 0.00804. The van der Waals surface area contributed by atoms with Crippen molar-refractivity contribution in [1.29, 1.82) is 0 Å². The maximum absolute atomic E-state index is 13.2. The molecule has 154 valence electrons. The number of esters is 1. The summed E-state index contributed by atoms with van der Waals surface area (Å²) in [5.41, 5.74) is -0.00804.